The Hall–Kier alpha value is 0.0869. The molecule has 0 aliphatic carbocycles. The molecule has 0 aromatic rings. The zero-order chi connectivity index (χ0) is 15.3. The van der Waals surface area contributed by atoms with Crippen LogP contribution >= 0.6 is 0 Å². The van der Waals surface area contributed by atoms with Gasteiger partial charge >= 0.3 is 0 Å². The SMILES string of the molecule is CC(CCO[Si](C)(C)C(C)(C)C)CCOS(C)(=O)=O. The summed E-state index contributed by atoms with van der Waals surface area (Å²) in [4.78, 5) is 0. The summed E-state index contributed by atoms with van der Waals surface area (Å²) in [5, 5.41) is 0.232. The van der Waals surface area contributed by atoms with Crippen LogP contribution in [0.5, 0.6) is 0 Å². The molecule has 0 saturated heterocycles. The highest BCUT2D eigenvalue weighted by Crippen LogP contribution is 2.36. The second kappa shape index (κ2) is 7.20. The Bertz CT molecular complexity index is 357. The predicted molar refractivity (Wildman–Crippen MR) is 82.3 cm³/mol. The molecule has 0 bridgehead atoms. The van der Waals surface area contributed by atoms with E-state index in [0.29, 0.717) is 5.92 Å². The van der Waals surface area contributed by atoms with Crippen molar-refractivity contribution < 1.29 is 17.0 Å². The van der Waals surface area contributed by atoms with Gasteiger partial charge in [0.1, 0.15) is 0 Å². The van der Waals surface area contributed by atoms with Crippen LogP contribution in [-0.2, 0) is 18.7 Å². The second-order valence-corrected chi connectivity index (χ2v) is 13.3. The highest BCUT2D eigenvalue weighted by atomic mass is 32.2. The lowest BCUT2D eigenvalue weighted by Gasteiger charge is -2.36. The van der Waals surface area contributed by atoms with E-state index in [1.165, 1.54) is 0 Å². The van der Waals surface area contributed by atoms with Gasteiger partial charge in [0.15, 0.2) is 8.32 Å². The second-order valence-electron chi connectivity index (χ2n) is 6.82. The summed E-state index contributed by atoms with van der Waals surface area (Å²) in [7, 11) is -4.97. The van der Waals surface area contributed by atoms with Crippen LogP contribution in [-0.4, -0.2) is 36.2 Å². The van der Waals surface area contributed by atoms with Crippen LogP contribution in [0.15, 0.2) is 0 Å². The summed E-state index contributed by atoms with van der Waals surface area (Å²) >= 11 is 0. The van der Waals surface area contributed by atoms with Crippen LogP contribution in [0.2, 0.25) is 18.1 Å². The topological polar surface area (TPSA) is 52.6 Å². The van der Waals surface area contributed by atoms with E-state index >= 15 is 0 Å². The van der Waals surface area contributed by atoms with E-state index in [9.17, 15) is 8.42 Å². The highest BCUT2D eigenvalue weighted by molar-refractivity contribution is 7.85. The lowest BCUT2D eigenvalue weighted by Crippen LogP contribution is -2.41. The van der Waals surface area contributed by atoms with Crippen molar-refractivity contribution in [1.29, 1.82) is 0 Å². The summed E-state index contributed by atoms with van der Waals surface area (Å²) in [5.74, 6) is 0.409. The van der Waals surface area contributed by atoms with Crippen molar-refractivity contribution in [2.75, 3.05) is 19.5 Å². The van der Waals surface area contributed by atoms with E-state index in [-0.39, 0.29) is 11.6 Å². The minimum Gasteiger partial charge on any atom is -0.417 e. The van der Waals surface area contributed by atoms with Gasteiger partial charge in [0.25, 0.3) is 10.1 Å². The van der Waals surface area contributed by atoms with Crippen LogP contribution in [0.25, 0.3) is 0 Å². The summed E-state index contributed by atoms with van der Waals surface area (Å²) in [5.41, 5.74) is 0. The largest absolute Gasteiger partial charge is 0.417 e. The molecule has 0 fully saturated rings. The monoisotopic (exact) mass is 310 g/mol. The van der Waals surface area contributed by atoms with Crippen molar-refractivity contribution in [3.63, 3.8) is 0 Å². The van der Waals surface area contributed by atoms with Gasteiger partial charge in [-0.3, -0.25) is 4.18 Å². The van der Waals surface area contributed by atoms with Crippen molar-refractivity contribution in [1.82, 2.24) is 0 Å². The lowest BCUT2D eigenvalue weighted by atomic mass is 10.1. The molecule has 0 heterocycles. The first-order chi connectivity index (χ1) is 8.35. The molecule has 0 aromatic carbocycles. The smallest absolute Gasteiger partial charge is 0.264 e. The molecule has 0 rings (SSSR count). The molecule has 0 aliphatic heterocycles. The molecule has 0 aromatic heterocycles. The van der Waals surface area contributed by atoms with Crippen molar-refractivity contribution in [2.24, 2.45) is 5.92 Å². The molecule has 0 aliphatic rings. The Labute approximate surface area is 120 Å². The molecule has 4 nitrogen and oxygen atoms in total. The molecule has 116 valence electrons. The Balaban J connectivity index is 3.90. The van der Waals surface area contributed by atoms with Crippen LogP contribution in [0.1, 0.15) is 40.5 Å². The molecule has 19 heavy (non-hydrogen) atoms. The first kappa shape index (κ1) is 19.1. The van der Waals surface area contributed by atoms with E-state index in [1.54, 1.807) is 0 Å². The fraction of sp³-hybridized carbons (Fsp3) is 1.00. The zero-order valence-electron chi connectivity index (χ0n) is 13.4. The first-order valence-electron chi connectivity index (χ1n) is 6.83. The summed E-state index contributed by atoms with van der Waals surface area (Å²) in [6.07, 6.45) is 2.77. The van der Waals surface area contributed by atoms with Crippen LogP contribution in [0, 0.1) is 5.92 Å². The van der Waals surface area contributed by atoms with Crippen LogP contribution in [0.3, 0.4) is 0 Å². The Morgan fingerprint density at radius 3 is 2.00 bits per heavy atom. The minimum atomic E-state index is -3.31. The van der Waals surface area contributed by atoms with E-state index in [4.69, 9.17) is 8.61 Å². The van der Waals surface area contributed by atoms with Gasteiger partial charge in [-0.2, -0.15) is 8.42 Å². The summed E-state index contributed by atoms with van der Waals surface area (Å²) in [6.45, 7) is 14.3. The lowest BCUT2D eigenvalue weighted by molar-refractivity contribution is 0.236. The van der Waals surface area contributed by atoms with Gasteiger partial charge in [-0.15, -0.1) is 0 Å². The molecular formula is C13H30O4SSi. The van der Waals surface area contributed by atoms with Gasteiger partial charge in [0.2, 0.25) is 0 Å². The van der Waals surface area contributed by atoms with Crippen molar-refractivity contribution in [3.05, 3.63) is 0 Å². The molecule has 1 atom stereocenters. The normalized spacial score (nSPS) is 15.5. The van der Waals surface area contributed by atoms with Gasteiger partial charge < -0.3 is 4.43 Å². The van der Waals surface area contributed by atoms with E-state index in [1.807, 2.05) is 0 Å². The Morgan fingerprint density at radius 2 is 1.58 bits per heavy atom. The minimum absolute atomic E-state index is 0.232. The number of rotatable bonds is 8. The fourth-order valence-corrected chi connectivity index (χ4v) is 2.74. The van der Waals surface area contributed by atoms with Gasteiger partial charge in [0, 0.05) is 6.61 Å². The maximum Gasteiger partial charge on any atom is 0.264 e. The van der Waals surface area contributed by atoms with Crippen molar-refractivity contribution in [3.8, 4) is 0 Å². The van der Waals surface area contributed by atoms with Crippen LogP contribution < -0.4 is 0 Å². The number of hydrogen-bond donors (Lipinski definition) is 0. The summed E-state index contributed by atoms with van der Waals surface area (Å²) < 4.78 is 32.5. The summed E-state index contributed by atoms with van der Waals surface area (Å²) in [6, 6.07) is 0. The molecule has 1 unspecified atom stereocenters. The maximum absolute atomic E-state index is 10.8. The Kier molecular flexibility index (Phi) is 7.23. The van der Waals surface area contributed by atoms with Gasteiger partial charge in [-0.05, 0) is 36.9 Å². The first-order valence-corrected chi connectivity index (χ1v) is 11.6. The zero-order valence-corrected chi connectivity index (χ0v) is 15.3. The van der Waals surface area contributed by atoms with Gasteiger partial charge in [0.05, 0.1) is 12.9 Å². The third-order valence-corrected chi connectivity index (χ3v) is 8.92. The van der Waals surface area contributed by atoms with Crippen molar-refractivity contribution in [2.45, 2.75) is 58.7 Å². The molecule has 0 radical (unpaired) electrons. The van der Waals surface area contributed by atoms with Gasteiger partial charge in [-0.25, -0.2) is 0 Å². The van der Waals surface area contributed by atoms with Crippen LogP contribution in [0.4, 0.5) is 0 Å². The fourth-order valence-electron chi connectivity index (χ4n) is 1.28. The van der Waals surface area contributed by atoms with E-state index in [2.05, 4.69) is 40.8 Å². The van der Waals surface area contributed by atoms with E-state index < -0.39 is 18.4 Å². The predicted octanol–water partition coefficient (Wildman–Crippen LogP) is 3.40. The quantitative estimate of drug-likeness (QED) is 0.509. The molecular weight excluding hydrogens is 280 g/mol. The third-order valence-electron chi connectivity index (χ3n) is 3.79. The average Bonchev–Trinajstić information content (AvgIpc) is 2.13. The standard InChI is InChI=1S/C13H30O4SSi/c1-12(8-10-16-18(5,14)15)9-11-17-19(6,7)13(2,3)4/h12H,8-11H2,1-7H3. The molecule has 0 amide bonds. The molecule has 0 N–H and O–H groups in total. The van der Waals surface area contributed by atoms with Crippen molar-refractivity contribution >= 4 is 18.4 Å². The maximum atomic E-state index is 10.8. The third kappa shape index (κ3) is 8.78. The molecule has 0 saturated carbocycles. The average molecular weight is 311 g/mol. The van der Waals surface area contributed by atoms with E-state index in [0.717, 1.165) is 25.7 Å². The highest BCUT2D eigenvalue weighted by Gasteiger charge is 2.36. The number of hydrogen-bond acceptors (Lipinski definition) is 4. The molecule has 6 heteroatoms. The Morgan fingerprint density at radius 1 is 1.11 bits per heavy atom. The van der Waals surface area contributed by atoms with Gasteiger partial charge in [-0.1, -0.05) is 27.7 Å². The molecule has 0 spiro atoms.